The minimum atomic E-state index is -4.71. The van der Waals surface area contributed by atoms with Crippen LogP contribution in [0.25, 0.3) is 0 Å². The summed E-state index contributed by atoms with van der Waals surface area (Å²) in [5, 5.41) is 12.3. The molecular formula is C11H17NO5S. The molecule has 0 aliphatic rings. The van der Waals surface area contributed by atoms with Gasteiger partial charge in [-0.25, -0.2) is 4.18 Å². The van der Waals surface area contributed by atoms with Crippen molar-refractivity contribution >= 4 is 10.4 Å². The fourth-order valence-corrected chi connectivity index (χ4v) is 2.23. The van der Waals surface area contributed by atoms with Crippen LogP contribution in [0.15, 0.2) is 30.3 Å². The van der Waals surface area contributed by atoms with E-state index < -0.39 is 22.7 Å². The van der Waals surface area contributed by atoms with Gasteiger partial charge in [-0.15, -0.1) is 0 Å². The van der Waals surface area contributed by atoms with Crippen molar-refractivity contribution in [1.82, 2.24) is 5.32 Å². The molecule has 1 aromatic rings. The smallest absolute Gasteiger partial charge is 0.391 e. The molecular weight excluding hydrogens is 258 g/mol. The zero-order valence-corrected chi connectivity index (χ0v) is 11.0. The highest BCUT2D eigenvalue weighted by Crippen LogP contribution is 2.25. The summed E-state index contributed by atoms with van der Waals surface area (Å²) in [5.41, 5.74) is -1.29. The maximum Gasteiger partial charge on any atom is 0.399 e. The van der Waals surface area contributed by atoms with Crippen LogP contribution >= 0.6 is 0 Å². The normalized spacial score (nSPS) is 15.6. The van der Waals surface area contributed by atoms with Gasteiger partial charge in [0.05, 0.1) is 6.61 Å². The molecule has 0 spiro atoms. The summed E-state index contributed by atoms with van der Waals surface area (Å²) >= 11 is 0. The number of benzene rings is 1. The molecule has 0 radical (unpaired) electrons. The largest absolute Gasteiger partial charge is 0.399 e. The van der Waals surface area contributed by atoms with Crippen molar-refractivity contribution in [3.05, 3.63) is 35.9 Å². The highest BCUT2D eigenvalue weighted by Gasteiger charge is 2.37. The zero-order valence-electron chi connectivity index (χ0n) is 10.2. The Morgan fingerprint density at radius 2 is 1.89 bits per heavy atom. The third-order valence-electron chi connectivity index (χ3n) is 2.23. The van der Waals surface area contributed by atoms with E-state index in [1.165, 1.54) is 0 Å². The first-order valence-corrected chi connectivity index (χ1v) is 6.78. The van der Waals surface area contributed by atoms with Crippen LogP contribution in [0.3, 0.4) is 0 Å². The number of rotatable bonds is 6. The van der Waals surface area contributed by atoms with Crippen LogP contribution in [0, 0.1) is 0 Å². The third-order valence-corrected chi connectivity index (χ3v) is 2.73. The van der Waals surface area contributed by atoms with E-state index in [4.69, 9.17) is 4.55 Å². The van der Waals surface area contributed by atoms with Gasteiger partial charge in [0, 0.05) is 11.6 Å². The number of hydrogen-bond acceptors (Lipinski definition) is 5. The summed E-state index contributed by atoms with van der Waals surface area (Å²) in [6, 6.07) is 8.12. The Morgan fingerprint density at radius 1 is 1.33 bits per heavy atom. The predicted octanol–water partition coefficient (Wildman–Crippen LogP) is 0.649. The second-order valence-corrected chi connectivity index (χ2v) is 5.18. The summed E-state index contributed by atoms with van der Waals surface area (Å²) in [5.74, 6) is 0. The molecule has 0 bridgehead atoms. The average Bonchev–Trinajstić information content (AvgIpc) is 2.26. The van der Waals surface area contributed by atoms with E-state index in [-0.39, 0.29) is 6.04 Å². The van der Waals surface area contributed by atoms with E-state index in [0.29, 0.717) is 5.56 Å². The Balaban J connectivity index is 3.22. The molecule has 3 N–H and O–H groups in total. The Labute approximate surface area is 107 Å². The summed E-state index contributed by atoms with van der Waals surface area (Å²) in [6.07, 6.45) is 0. The Hall–Kier alpha value is -0.990. The minimum Gasteiger partial charge on any atom is -0.391 e. The lowest BCUT2D eigenvalue weighted by Gasteiger charge is -2.33. The quantitative estimate of drug-likeness (QED) is 0.521. The van der Waals surface area contributed by atoms with E-state index in [0.717, 1.165) is 0 Å². The van der Waals surface area contributed by atoms with Crippen LogP contribution in [-0.4, -0.2) is 30.7 Å². The SMILES string of the molecule is CC(C)NC(CO)(OS(=O)(=O)O)c1ccccc1. The topological polar surface area (TPSA) is 95.9 Å². The molecule has 1 rings (SSSR count). The summed E-state index contributed by atoms with van der Waals surface area (Å²) in [7, 11) is -4.71. The molecule has 0 saturated heterocycles. The molecule has 0 aromatic heterocycles. The zero-order chi connectivity index (χ0) is 13.8. The lowest BCUT2D eigenvalue weighted by atomic mass is 10.0. The Bertz CT molecular complexity index is 473. The predicted molar refractivity (Wildman–Crippen MR) is 66.1 cm³/mol. The monoisotopic (exact) mass is 275 g/mol. The van der Waals surface area contributed by atoms with Gasteiger partial charge in [-0.2, -0.15) is 8.42 Å². The molecule has 1 aromatic carbocycles. The maximum absolute atomic E-state index is 10.9. The fraction of sp³-hybridized carbons (Fsp3) is 0.455. The van der Waals surface area contributed by atoms with Crippen LogP contribution < -0.4 is 5.32 Å². The molecule has 18 heavy (non-hydrogen) atoms. The molecule has 1 unspecified atom stereocenters. The first-order chi connectivity index (χ1) is 8.29. The molecule has 0 amide bonds. The maximum atomic E-state index is 10.9. The molecule has 6 nitrogen and oxygen atoms in total. The van der Waals surface area contributed by atoms with Crippen molar-refractivity contribution in [2.24, 2.45) is 0 Å². The van der Waals surface area contributed by atoms with Gasteiger partial charge in [-0.05, 0) is 13.8 Å². The highest BCUT2D eigenvalue weighted by molar-refractivity contribution is 7.80. The first-order valence-electron chi connectivity index (χ1n) is 5.41. The lowest BCUT2D eigenvalue weighted by Crippen LogP contribution is -2.52. The summed E-state index contributed by atoms with van der Waals surface area (Å²) in [4.78, 5) is 0. The van der Waals surface area contributed by atoms with Crippen molar-refractivity contribution in [3.8, 4) is 0 Å². The van der Waals surface area contributed by atoms with E-state index >= 15 is 0 Å². The van der Waals surface area contributed by atoms with Crippen LogP contribution in [-0.2, 0) is 20.3 Å². The van der Waals surface area contributed by atoms with Crippen molar-refractivity contribution in [1.29, 1.82) is 0 Å². The Kier molecular flexibility index (Phi) is 4.83. The van der Waals surface area contributed by atoms with Crippen LogP contribution in [0.1, 0.15) is 19.4 Å². The molecule has 0 aliphatic carbocycles. The number of aliphatic hydroxyl groups is 1. The molecule has 0 fully saturated rings. The highest BCUT2D eigenvalue weighted by atomic mass is 32.3. The molecule has 0 aliphatic heterocycles. The van der Waals surface area contributed by atoms with Gasteiger partial charge in [0.2, 0.25) is 0 Å². The van der Waals surface area contributed by atoms with E-state index in [1.54, 1.807) is 44.2 Å². The summed E-state index contributed by atoms with van der Waals surface area (Å²) in [6.45, 7) is 2.89. The van der Waals surface area contributed by atoms with Gasteiger partial charge in [-0.1, -0.05) is 30.3 Å². The first kappa shape index (κ1) is 15.1. The van der Waals surface area contributed by atoms with Crippen LogP contribution in [0.5, 0.6) is 0 Å². The fourth-order valence-electron chi connectivity index (χ4n) is 1.67. The minimum absolute atomic E-state index is 0.167. The number of aliphatic hydroxyl groups excluding tert-OH is 1. The van der Waals surface area contributed by atoms with Crippen molar-refractivity contribution < 1.29 is 22.3 Å². The summed E-state index contributed by atoms with van der Waals surface area (Å²) < 4.78 is 35.4. The van der Waals surface area contributed by atoms with Gasteiger partial charge in [0.1, 0.15) is 0 Å². The molecule has 0 saturated carbocycles. The molecule has 7 heteroatoms. The van der Waals surface area contributed by atoms with E-state index in [2.05, 4.69) is 9.50 Å². The van der Waals surface area contributed by atoms with Gasteiger partial charge < -0.3 is 5.11 Å². The number of hydrogen-bond donors (Lipinski definition) is 3. The van der Waals surface area contributed by atoms with Gasteiger partial charge in [0.25, 0.3) is 0 Å². The number of nitrogens with one attached hydrogen (secondary N) is 1. The van der Waals surface area contributed by atoms with E-state index in [1.807, 2.05) is 0 Å². The van der Waals surface area contributed by atoms with Gasteiger partial charge in [0.15, 0.2) is 5.72 Å². The lowest BCUT2D eigenvalue weighted by molar-refractivity contribution is -0.0336. The standard InChI is InChI=1S/C11H17NO5S/c1-9(2)12-11(8-13,17-18(14,15)16)10-6-4-3-5-7-10/h3-7,9,12-13H,8H2,1-2H3,(H,14,15,16). The van der Waals surface area contributed by atoms with Crippen molar-refractivity contribution in [3.63, 3.8) is 0 Å². The molecule has 102 valence electrons. The van der Waals surface area contributed by atoms with Gasteiger partial charge in [-0.3, -0.25) is 9.87 Å². The molecule has 0 heterocycles. The molecule has 1 atom stereocenters. The Morgan fingerprint density at radius 3 is 2.28 bits per heavy atom. The van der Waals surface area contributed by atoms with Crippen molar-refractivity contribution in [2.45, 2.75) is 25.6 Å². The van der Waals surface area contributed by atoms with Crippen LogP contribution in [0.2, 0.25) is 0 Å². The van der Waals surface area contributed by atoms with E-state index in [9.17, 15) is 13.5 Å². The second-order valence-electron chi connectivity index (χ2n) is 4.16. The second kappa shape index (κ2) is 5.77. The van der Waals surface area contributed by atoms with Crippen LogP contribution in [0.4, 0.5) is 0 Å². The average molecular weight is 275 g/mol. The third kappa shape index (κ3) is 4.04. The van der Waals surface area contributed by atoms with Crippen molar-refractivity contribution in [2.75, 3.05) is 6.61 Å². The van der Waals surface area contributed by atoms with Gasteiger partial charge >= 0.3 is 10.4 Å².